The van der Waals surface area contributed by atoms with Crippen LogP contribution in [0.1, 0.15) is 24.2 Å². The fourth-order valence-electron chi connectivity index (χ4n) is 2.27. The second kappa shape index (κ2) is 6.59. The molecule has 2 aromatic rings. The van der Waals surface area contributed by atoms with Gasteiger partial charge >= 0.3 is 0 Å². The zero-order valence-corrected chi connectivity index (χ0v) is 12.5. The smallest absolute Gasteiger partial charge is 0.146 e. The molecule has 0 saturated carbocycles. The van der Waals surface area contributed by atoms with Gasteiger partial charge in [-0.25, -0.2) is 4.39 Å². The highest BCUT2D eigenvalue weighted by Gasteiger charge is 2.12. The number of anilines is 1. The minimum Gasteiger partial charge on any atom is -0.496 e. The molecule has 3 nitrogen and oxygen atoms in total. The van der Waals surface area contributed by atoms with Crippen molar-refractivity contribution < 1.29 is 14.2 Å². The maximum atomic E-state index is 14.2. The molecule has 0 radical (unpaired) electrons. The average Bonchev–Trinajstić information content (AvgIpc) is 2.47. The first-order valence-electron chi connectivity index (χ1n) is 6.83. The van der Waals surface area contributed by atoms with Crippen LogP contribution in [0.3, 0.4) is 0 Å². The number of methoxy groups -OCH3 is 1. The number of aliphatic hydroxyl groups excluding tert-OH is 1. The number of benzene rings is 2. The van der Waals surface area contributed by atoms with Gasteiger partial charge in [-0.2, -0.15) is 0 Å². The Hall–Kier alpha value is -2.07. The molecule has 2 aromatic carbocycles. The molecule has 0 aromatic heterocycles. The minimum atomic E-state index is -0.673. The third-order valence-electron chi connectivity index (χ3n) is 3.47. The maximum Gasteiger partial charge on any atom is 0.146 e. The Balaban J connectivity index is 2.22. The number of nitrogens with zero attached hydrogens (tertiary/aromatic N) is 1. The molecule has 21 heavy (non-hydrogen) atoms. The van der Waals surface area contributed by atoms with E-state index >= 15 is 0 Å². The molecule has 112 valence electrons. The third-order valence-corrected chi connectivity index (χ3v) is 3.47. The van der Waals surface area contributed by atoms with Gasteiger partial charge in [0.2, 0.25) is 0 Å². The first-order chi connectivity index (χ1) is 10.0. The molecule has 0 amide bonds. The van der Waals surface area contributed by atoms with E-state index in [4.69, 9.17) is 4.74 Å². The predicted molar refractivity (Wildman–Crippen MR) is 82.1 cm³/mol. The first-order valence-corrected chi connectivity index (χ1v) is 6.83. The fraction of sp³-hybridized carbons (Fsp3) is 0.294. The summed E-state index contributed by atoms with van der Waals surface area (Å²) >= 11 is 0. The second-order valence-corrected chi connectivity index (χ2v) is 5.05. The molecule has 0 aliphatic carbocycles. The number of aliphatic hydroxyl groups is 1. The lowest BCUT2D eigenvalue weighted by atomic mass is 10.1. The van der Waals surface area contributed by atoms with Gasteiger partial charge in [0.25, 0.3) is 0 Å². The average molecular weight is 289 g/mol. The molecule has 0 bridgehead atoms. The Morgan fingerprint density at radius 3 is 2.57 bits per heavy atom. The second-order valence-electron chi connectivity index (χ2n) is 5.05. The Morgan fingerprint density at radius 1 is 1.24 bits per heavy atom. The van der Waals surface area contributed by atoms with E-state index in [1.807, 2.05) is 36.2 Å². The van der Waals surface area contributed by atoms with Crippen LogP contribution in [0.4, 0.5) is 10.1 Å². The Labute approximate surface area is 124 Å². The van der Waals surface area contributed by atoms with Crippen molar-refractivity contribution in [1.82, 2.24) is 0 Å². The van der Waals surface area contributed by atoms with Gasteiger partial charge in [-0.05, 0) is 30.7 Å². The summed E-state index contributed by atoms with van der Waals surface area (Å²) in [7, 11) is 3.45. The number of hydrogen-bond acceptors (Lipinski definition) is 3. The molecule has 0 saturated heterocycles. The molecular formula is C17H20FNO2. The molecule has 0 fully saturated rings. The molecule has 4 heteroatoms. The Kier molecular flexibility index (Phi) is 4.81. The van der Waals surface area contributed by atoms with Crippen LogP contribution in [0.2, 0.25) is 0 Å². The SMILES string of the molecule is COc1ccccc1CN(C)c1ccc([C@@H](C)O)cc1F. The van der Waals surface area contributed by atoms with Crippen molar-refractivity contribution >= 4 is 5.69 Å². The lowest BCUT2D eigenvalue weighted by molar-refractivity contribution is 0.199. The van der Waals surface area contributed by atoms with Gasteiger partial charge in [0.05, 0.1) is 18.9 Å². The monoisotopic (exact) mass is 289 g/mol. The summed E-state index contributed by atoms with van der Waals surface area (Å²) in [6.07, 6.45) is -0.673. The molecule has 1 N–H and O–H groups in total. The highest BCUT2D eigenvalue weighted by Crippen LogP contribution is 2.26. The van der Waals surface area contributed by atoms with Crippen molar-refractivity contribution in [2.24, 2.45) is 0 Å². The zero-order valence-electron chi connectivity index (χ0n) is 12.5. The van der Waals surface area contributed by atoms with Crippen LogP contribution in [0.5, 0.6) is 5.75 Å². The van der Waals surface area contributed by atoms with Crippen molar-refractivity contribution in [3.05, 3.63) is 59.4 Å². The Morgan fingerprint density at radius 2 is 1.95 bits per heavy atom. The van der Waals surface area contributed by atoms with Gasteiger partial charge in [-0.15, -0.1) is 0 Å². The van der Waals surface area contributed by atoms with Crippen LogP contribution in [-0.4, -0.2) is 19.3 Å². The van der Waals surface area contributed by atoms with Crippen LogP contribution in [0.25, 0.3) is 0 Å². The van der Waals surface area contributed by atoms with Crippen LogP contribution >= 0.6 is 0 Å². The summed E-state index contributed by atoms with van der Waals surface area (Å²) in [5.74, 6) is 0.441. The largest absolute Gasteiger partial charge is 0.496 e. The lowest BCUT2D eigenvalue weighted by Gasteiger charge is -2.22. The quantitative estimate of drug-likeness (QED) is 0.914. The van der Waals surface area contributed by atoms with Crippen LogP contribution in [0, 0.1) is 5.82 Å². The normalized spacial score (nSPS) is 12.0. The summed E-state index contributed by atoms with van der Waals surface area (Å²) in [5, 5.41) is 9.48. The van der Waals surface area contributed by atoms with E-state index in [0.29, 0.717) is 17.8 Å². The van der Waals surface area contributed by atoms with Crippen molar-refractivity contribution in [2.45, 2.75) is 19.6 Å². The van der Waals surface area contributed by atoms with E-state index in [9.17, 15) is 9.50 Å². The van der Waals surface area contributed by atoms with Gasteiger partial charge in [0, 0.05) is 19.2 Å². The van der Waals surface area contributed by atoms with Crippen molar-refractivity contribution in [3.8, 4) is 5.75 Å². The number of para-hydroxylation sites is 1. The highest BCUT2D eigenvalue weighted by molar-refractivity contribution is 5.50. The van der Waals surface area contributed by atoms with Crippen molar-refractivity contribution in [3.63, 3.8) is 0 Å². The van der Waals surface area contributed by atoms with Crippen LogP contribution < -0.4 is 9.64 Å². The topological polar surface area (TPSA) is 32.7 Å². The summed E-state index contributed by atoms with van der Waals surface area (Å²) in [4.78, 5) is 1.82. The molecule has 0 aliphatic heterocycles. The zero-order chi connectivity index (χ0) is 15.4. The summed E-state index contributed by atoms with van der Waals surface area (Å²) in [5.41, 5.74) is 2.05. The standard InChI is InChI=1S/C17H20FNO2/c1-12(20)13-8-9-16(15(18)10-13)19(2)11-14-6-4-5-7-17(14)21-3/h4-10,12,20H,11H2,1-3H3/t12-/m1/s1. The van der Waals surface area contributed by atoms with E-state index in [0.717, 1.165) is 11.3 Å². The predicted octanol–water partition coefficient (Wildman–Crippen LogP) is 3.52. The first kappa shape index (κ1) is 15.3. The summed E-state index contributed by atoms with van der Waals surface area (Å²) in [6.45, 7) is 2.15. The maximum absolute atomic E-state index is 14.2. The number of ether oxygens (including phenoxy) is 1. The van der Waals surface area contributed by atoms with E-state index in [1.54, 1.807) is 26.2 Å². The number of hydrogen-bond donors (Lipinski definition) is 1. The molecule has 1 atom stereocenters. The molecule has 0 spiro atoms. The van der Waals surface area contributed by atoms with Gasteiger partial charge < -0.3 is 14.7 Å². The summed E-state index contributed by atoms with van der Waals surface area (Å²) in [6, 6.07) is 12.5. The van der Waals surface area contributed by atoms with Gasteiger partial charge in [-0.1, -0.05) is 24.3 Å². The molecule has 0 heterocycles. The molecular weight excluding hydrogens is 269 g/mol. The fourth-order valence-corrected chi connectivity index (χ4v) is 2.27. The number of rotatable bonds is 5. The van der Waals surface area contributed by atoms with E-state index in [1.165, 1.54) is 6.07 Å². The Bertz CT molecular complexity index is 613. The van der Waals surface area contributed by atoms with E-state index in [2.05, 4.69) is 0 Å². The third kappa shape index (κ3) is 3.52. The summed E-state index contributed by atoms with van der Waals surface area (Å²) < 4.78 is 19.5. The van der Waals surface area contributed by atoms with Crippen molar-refractivity contribution in [1.29, 1.82) is 0 Å². The minimum absolute atomic E-state index is 0.342. The molecule has 0 aliphatic rings. The van der Waals surface area contributed by atoms with Crippen LogP contribution in [0.15, 0.2) is 42.5 Å². The molecule has 0 unspecified atom stereocenters. The lowest BCUT2D eigenvalue weighted by Crippen LogP contribution is -2.18. The van der Waals surface area contributed by atoms with Gasteiger partial charge in [0.1, 0.15) is 11.6 Å². The van der Waals surface area contributed by atoms with E-state index in [-0.39, 0.29) is 5.82 Å². The van der Waals surface area contributed by atoms with Crippen LogP contribution in [-0.2, 0) is 6.54 Å². The van der Waals surface area contributed by atoms with Crippen molar-refractivity contribution in [2.75, 3.05) is 19.1 Å². The molecule has 2 rings (SSSR count). The highest BCUT2D eigenvalue weighted by atomic mass is 19.1. The van der Waals surface area contributed by atoms with Gasteiger partial charge in [-0.3, -0.25) is 0 Å². The van der Waals surface area contributed by atoms with E-state index < -0.39 is 6.10 Å². The number of halogens is 1. The van der Waals surface area contributed by atoms with Gasteiger partial charge in [0.15, 0.2) is 0 Å².